The molecule has 156 valence electrons. The molecule has 6 nitrogen and oxygen atoms in total. The van der Waals surface area contributed by atoms with Crippen LogP contribution in [0, 0.1) is 0 Å². The molecule has 0 saturated carbocycles. The van der Waals surface area contributed by atoms with Gasteiger partial charge in [-0.1, -0.05) is 18.2 Å². The second kappa shape index (κ2) is 6.86. The van der Waals surface area contributed by atoms with E-state index in [2.05, 4.69) is 15.3 Å². The number of hydrogen-bond donors (Lipinski definition) is 2. The molecular formula is C21H19F3N4O2. The highest BCUT2D eigenvalue weighted by Crippen LogP contribution is 2.44. The Morgan fingerprint density at radius 1 is 1.20 bits per heavy atom. The molecule has 0 atom stereocenters. The van der Waals surface area contributed by atoms with Gasteiger partial charge in [0.1, 0.15) is 0 Å². The summed E-state index contributed by atoms with van der Waals surface area (Å²) in [5.74, 6) is -0.509. The molecule has 0 radical (unpaired) electrons. The van der Waals surface area contributed by atoms with Gasteiger partial charge in [0.25, 0.3) is 5.91 Å². The lowest BCUT2D eigenvalue weighted by Crippen LogP contribution is -2.38. The number of carbonyl (C=O) groups excluding carboxylic acids is 2. The van der Waals surface area contributed by atoms with E-state index in [4.69, 9.17) is 0 Å². The van der Waals surface area contributed by atoms with Gasteiger partial charge in [-0.3, -0.25) is 14.9 Å². The second-order valence-corrected chi connectivity index (χ2v) is 7.74. The zero-order valence-corrected chi connectivity index (χ0v) is 16.3. The predicted octanol–water partition coefficient (Wildman–Crippen LogP) is 4.39. The normalized spacial score (nSPS) is 15.5. The number of imidazole rings is 1. The summed E-state index contributed by atoms with van der Waals surface area (Å²) in [6.45, 7) is 2.91. The minimum absolute atomic E-state index is 0.216. The summed E-state index contributed by atoms with van der Waals surface area (Å²) in [7, 11) is 0. The number of aromatic amines is 1. The maximum Gasteiger partial charge on any atom is 0.390 e. The number of hydrogen-bond acceptors (Lipinski definition) is 3. The standard InChI is InChI=1S/C21H19F3N4O2/c1-20(2)13-10-14-15(11-16(13)28(18(20)30)9-8-21(22,23)24)26-19(25-14)27-17(29)12-6-4-3-5-7-12/h3-7,10-11H,8-9H2,1-2H3,(H2,25,26,27,29). The van der Waals surface area contributed by atoms with Crippen molar-refractivity contribution < 1.29 is 22.8 Å². The molecule has 0 unspecified atom stereocenters. The Bertz CT molecular complexity index is 1140. The molecule has 2 amide bonds. The summed E-state index contributed by atoms with van der Waals surface area (Å²) < 4.78 is 38.2. The van der Waals surface area contributed by atoms with E-state index >= 15 is 0 Å². The molecule has 2 N–H and O–H groups in total. The number of fused-ring (bicyclic) bond motifs is 2. The molecule has 1 aromatic heterocycles. The molecule has 0 fully saturated rings. The van der Waals surface area contributed by atoms with Crippen LogP contribution >= 0.6 is 0 Å². The Labute approximate surface area is 170 Å². The first-order valence-electron chi connectivity index (χ1n) is 9.35. The van der Waals surface area contributed by atoms with Crippen molar-refractivity contribution in [1.29, 1.82) is 0 Å². The summed E-state index contributed by atoms with van der Waals surface area (Å²) in [5.41, 5.74) is 1.54. The predicted molar refractivity (Wildman–Crippen MR) is 107 cm³/mol. The summed E-state index contributed by atoms with van der Waals surface area (Å²) in [6, 6.07) is 11.9. The van der Waals surface area contributed by atoms with Gasteiger partial charge < -0.3 is 9.88 Å². The van der Waals surface area contributed by atoms with Gasteiger partial charge in [0, 0.05) is 12.1 Å². The summed E-state index contributed by atoms with van der Waals surface area (Å²) in [5, 5.41) is 2.67. The molecule has 0 aliphatic carbocycles. The van der Waals surface area contributed by atoms with E-state index < -0.39 is 24.6 Å². The van der Waals surface area contributed by atoms with Crippen LogP contribution in [0.15, 0.2) is 42.5 Å². The van der Waals surface area contributed by atoms with Crippen molar-refractivity contribution >= 4 is 34.5 Å². The SMILES string of the molecule is CC1(C)C(=O)N(CCC(F)(F)F)c2cc3[nH]c(NC(=O)c4ccccc4)nc3cc21. The molecule has 1 aliphatic rings. The summed E-state index contributed by atoms with van der Waals surface area (Å²) in [6.07, 6.45) is -5.45. The zero-order chi connectivity index (χ0) is 21.7. The van der Waals surface area contributed by atoms with Crippen LogP contribution in [0.1, 0.15) is 36.2 Å². The minimum atomic E-state index is -4.36. The Morgan fingerprint density at radius 3 is 2.57 bits per heavy atom. The molecule has 30 heavy (non-hydrogen) atoms. The Balaban J connectivity index is 1.67. The number of carbonyl (C=O) groups is 2. The number of anilines is 2. The number of rotatable bonds is 4. The molecule has 0 spiro atoms. The zero-order valence-electron chi connectivity index (χ0n) is 16.3. The van der Waals surface area contributed by atoms with Gasteiger partial charge in [-0.05, 0) is 43.7 Å². The topological polar surface area (TPSA) is 78.1 Å². The third kappa shape index (κ3) is 3.51. The van der Waals surface area contributed by atoms with Crippen molar-refractivity contribution in [2.45, 2.75) is 31.9 Å². The van der Waals surface area contributed by atoms with Crippen LogP contribution in [-0.4, -0.2) is 34.5 Å². The fourth-order valence-corrected chi connectivity index (χ4v) is 3.62. The lowest BCUT2D eigenvalue weighted by atomic mass is 9.86. The van der Waals surface area contributed by atoms with Crippen LogP contribution in [0.4, 0.5) is 24.8 Å². The second-order valence-electron chi connectivity index (χ2n) is 7.74. The van der Waals surface area contributed by atoms with E-state index in [9.17, 15) is 22.8 Å². The van der Waals surface area contributed by atoms with E-state index in [1.807, 2.05) is 0 Å². The molecule has 2 heterocycles. The lowest BCUT2D eigenvalue weighted by Gasteiger charge is -2.21. The van der Waals surface area contributed by atoms with Crippen molar-refractivity contribution in [2.24, 2.45) is 0 Å². The molecule has 1 aliphatic heterocycles. The number of amides is 2. The Kier molecular flexibility index (Phi) is 4.56. The largest absolute Gasteiger partial charge is 0.390 e. The van der Waals surface area contributed by atoms with Crippen LogP contribution in [0.3, 0.4) is 0 Å². The summed E-state index contributed by atoms with van der Waals surface area (Å²) >= 11 is 0. The molecule has 0 saturated heterocycles. The highest BCUT2D eigenvalue weighted by atomic mass is 19.4. The number of halogens is 3. The molecule has 9 heteroatoms. The number of nitrogens with zero attached hydrogens (tertiary/aromatic N) is 2. The fraction of sp³-hybridized carbons (Fsp3) is 0.286. The quantitative estimate of drug-likeness (QED) is 0.662. The van der Waals surface area contributed by atoms with E-state index in [1.54, 1.807) is 56.3 Å². The third-order valence-electron chi connectivity index (χ3n) is 5.23. The van der Waals surface area contributed by atoms with Gasteiger partial charge in [0.05, 0.1) is 28.6 Å². The van der Waals surface area contributed by atoms with Gasteiger partial charge in [0.2, 0.25) is 11.9 Å². The molecule has 4 rings (SSSR count). The minimum Gasteiger partial charge on any atom is -0.324 e. The lowest BCUT2D eigenvalue weighted by molar-refractivity contribution is -0.134. The van der Waals surface area contributed by atoms with Crippen molar-refractivity contribution in [1.82, 2.24) is 9.97 Å². The number of alkyl halides is 3. The first-order valence-corrected chi connectivity index (χ1v) is 9.35. The van der Waals surface area contributed by atoms with E-state index in [-0.39, 0.29) is 17.8 Å². The van der Waals surface area contributed by atoms with Gasteiger partial charge in [-0.15, -0.1) is 0 Å². The fourth-order valence-electron chi connectivity index (χ4n) is 3.62. The highest BCUT2D eigenvalue weighted by molar-refractivity contribution is 6.10. The first kappa shape index (κ1) is 19.9. The number of aromatic nitrogens is 2. The van der Waals surface area contributed by atoms with E-state index in [0.29, 0.717) is 27.8 Å². The summed E-state index contributed by atoms with van der Waals surface area (Å²) in [4.78, 5) is 33.6. The average molecular weight is 416 g/mol. The maximum atomic E-state index is 12.7. The van der Waals surface area contributed by atoms with Gasteiger partial charge >= 0.3 is 6.18 Å². The Hall–Kier alpha value is -3.36. The molecular weight excluding hydrogens is 397 g/mol. The van der Waals surface area contributed by atoms with E-state index in [0.717, 1.165) is 0 Å². The monoisotopic (exact) mass is 416 g/mol. The number of nitrogens with one attached hydrogen (secondary N) is 2. The van der Waals surface area contributed by atoms with Crippen molar-refractivity contribution in [2.75, 3.05) is 16.8 Å². The van der Waals surface area contributed by atoms with Crippen molar-refractivity contribution in [3.63, 3.8) is 0 Å². The van der Waals surface area contributed by atoms with Crippen LogP contribution in [0.2, 0.25) is 0 Å². The average Bonchev–Trinajstić information content (AvgIpc) is 3.15. The number of benzene rings is 2. The highest BCUT2D eigenvalue weighted by Gasteiger charge is 2.45. The third-order valence-corrected chi connectivity index (χ3v) is 5.23. The van der Waals surface area contributed by atoms with Gasteiger partial charge in [-0.2, -0.15) is 13.2 Å². The van der Waals surface area contributed by atoms with Gasteiger partial charge in [0.15, 0.2) is 0 Å². The molecule has 2 aromatic carbocycles. The Morgan fingerprint density at radius 2 is 1.90 bits per heavy atom. The first-order chi connectivity index (χ1) is 14.1. The van der Waals surface area contributed by atoms with Crippen LogP contribution in [0.5, 0.6) is 0 Å². The van der Waals surface area contributed by atoms with Crippen LogP contribution in [0.25, 0.3) is 11.0 Å². The van der Waals surface area contributed by atoms with Crippen molar-refractivity contribution in [3.8, 4) is 0 Å². The maximum absolute atomic E-state index is 12.7. The molecule has 0 bridgehead atoms. The van der Waals surface area contributed by atoms with Crippen LogP contribution < -0.4 is 10.2 Å². The van der Waals surface area contributed by atoms with Crippen LogP contribution in [-0.2, 0) is 10.2 Å². The molecule has 3 aromatic rings. The smallest absolute Gasteiger partial charge is 0.324 e. The van der Waals surface area contributed by atoms with Crippen molar-refractivity contribution in [3.05, 3.63) is 53.6 Å². The van der Waals surface area contributed by atoms with Gasteiger partial charge in [-0.25, -0.2) is 4.98 Å². The van der Waals surface area contributed by atoms with E-state index in [1.165, 1.54) is 4.90 Å². The number of H-pyrrole nitrogens is 1.